The van der Waals surface area contributed by atoms with Gasteiger partial charge >= 0.3 is 0 Å². The summed E-state index contributed by atoms with van der Waals surface area (Å²) >= 11 is 0. The monoisotopic (exact) mass is 392 g/mol. The Hall–Kier alpha value is -3.62. The van der Waals surface area contributed by atoms with E-state index in [1.165, 1.54) is 0 Å². The number of aryl methyl sites for hydroxylation is 1. The molecule has 0 saturated carbocycles. The highest BCUT2D eigenvalue weighted by molar-refractivity contribution is 6.06. The summed E-state index contributed by atoms with van der Waals surface area (Å²) in [5.41, 5.74) is 13.4. The molecule has 9 heteroatoms. The van der Waals surface area contributed by atoms with Crippen molar-refractivity contribution in [1.29, 1.82) is 0 Å². The van der Waals surface area contributed by atoms with Gasteiger partial charge in [0.1, 0.15) is 5.84 Å². The third-order valence-corrected chi connectivity index (χ3v) is 5.15. The summed E-state index contributed by atoms with van der Waals surface area (Å²) in [6.45, 7) is 5.79. The third kappa shape index (κ3) is 3.98. The largest absolute Gasteiger partial charge is 0.383 e. The first kappa shape index (κ1) is 20.1. The summed E-state index contributed by atoms with van der Waals surface area (Å²) in [6, 6.07) is 3.69. The van der Waals surface area contributed by atoms with E-state index in [1.807, 2.05) is 32.9 Å². The molecule has 0 spiro atoms. The lowest BCUT2D eigenvalue weighted by molar-refractivity contribution is -0.124. The maximum absolute atomic E-state index is 13.1. The zero-order valence-corrected chi connectivity index (χ0v) is 16.9. The Morgan fingerprint density at radius 3 is 2.34 bits per heavy atom. The van der Waals surface area contributed by atoms with Crippen LogP contribution in [-0.4, -0.2) is 36.5 Å². The normalized spacial score (nSPS) is 14.0. The fourth-order valence-electron chi connectivity index (χ4n) is 2.89. The van der Waals surface area contributed by atoms with Crippen molar-refractivity contribution in [1.82, 2.24) is 24.7 Å². The first-order valence-corrected chi connectivity index (χ1v) is 9.14. The molecule has 0 bridgehead atoms. The number of hydrogen-bond acceptors (Lipinski definition) is 6. The summed E-state index contributed by atoms with van der Waals surface area (Å²) in [6.07, 6.45) is 8.18. The minimum atomic E-state index is -0.893. The molecule has 3 rings (SSSR count). The van der Waals surface area contributed by atoms with Crippen LogP contribution < -0.4 is 11.5 Å². The smallest absolute Gasteiger partial charge is 0.258 e. The van der Waals surface area contributed by atoms with Crippen molar-refractivity contribution in [2.24, 2.45) is 23.7 Å². The molecule has 9 nitrogen and oxygen atoms in total. The van der Waals surface area contributed by atoms with Crippen molar-refractivity contribution in [3.63, 3.8) is 0 Å². The van der Waals surface area contributed by atoms with Crippen LogP contribution in [0.2, 0.25) is 0 Å². The highest BCUT2D eigenvalue weighted by atomic mass is 16.1. The van der Waals surface area contributed by atoms with E-state index in [1.54, 1.807) is 42.7 Å². The molecular weight excluding hydrogens is 368 g/mol. The topological polar surface area (TPSA) is 138 Å². The lowest BCUT2D eigenvalue weighted by Crippen LogP contribution is -2.38. The van der Waals surface area contributed by atoms with Gasteiger partial charge in [0.05, 0.1) is 22.9 Å². The number of rotatable bonds is 5. The Labute approximate surface area is 168 Å². The number of nitrogen functional groups attached to an aromatic ring is 1. The number of nitrogens with zero attached hydrogens (tertiary/aromatic N) is 6. The van der Waals surface area contributed by atoms with E-state index in [-0.39, 0.29) is 23.6 Å². The average molecular weight is 392 g/mol. The number of aliphatic imine (C=N–C) groups is 1. The molecule has 0 radical (unpaired) electrons. The van der Waals surface area contributed by atoms with Crippen molar-refractivity contribution in [2.45, 2.75) is 26.2 Å². The molecule has 3 heterocycles. The standard InChI is InChI=1S/C20H24N8O/c1-12(2)20(3,18(29)27-17(21)14-9-26-28(4)11-14)15-5-6-16(23-10-15)13-7-24-19(22)25-8-13/h5-12H,1-4H3,(H2,21,27,29)(H2,22,24,25). The van der Waals surface area contributed by atoms with Gasteiger partial charge in [0, 0.05) is 37.4 Å². The summed E-state index contributed by atoms with van der Waals surface area (Å²) in [5.74, 6) is -0.0295. The van der Waals surface area contributed by atoms with Gasteiger partial charge in [0.25, 0.3) is 5.91 Å². The fraction of sp³-hybridized carbons (Fsp3) is 0.300. The molecule has 1 atom stereocenters. The van der Waals surface area contributed by atoms with Crippen molar-refractivity contribution in [3.05, 3.63) is 54.2 Å². The van der Waals surface area contributed by atoms with Crippen LogP contribution >= 0.6 is 0 Å². The number of anilines is 1. The van der Waals surface area contributed by atoms with Crippen LogP contribution in [0.5, 0.6) is 0 Å². The lowest BCUT2D eigenvalue weighted by Gasteiger charge is -2.30. The van der Waals surface area contributed by atoms with Crippen LogP contribution in [0.4, 0.5) is 5.95 Å². The van der Waals surface area contributed by atoms with Gasteiger partial charge in [-0.15, -0.1) is 0 Å². The van der Waals surface area contributed by atoms with E-state index in [0.717, 1.165) is 11.1 Å². The molecule has 4 N–H and O–H groups in total. The Morgan fingerprint density at radius 1 is 1.14 bits per heavy atom. The Morgan fingerprint density at radius 2 is 1.83 bits per heavy atom. The summed E-state index contributed by atoms with van der Waals surface area (Å²) in [4.78, 5) is 29.7. The molecule has 1 unspecified atom stereocenters. The first-order valence-electron chi connectivity index (χ1n) is 9.14. The van der Waals surface area contributed by atoms with Crippen molar-refractivity contribution < 1.29 is 4.79 Å². The number of aromatic nitrogens is 5. The van der Waals surface area contributed by atoms with E-state index in [9.17, 15) is 4.79 Å². The molecule has 3 aromatic rings. The molecule has 29 heavy (non-hydrogen) atoms. The van der Waals surface area contributed by atoms with Gasteiger partial charge in [-0.05, 0) is 24.5 Å². The molecule has 0 aromatic carbocycles. The van der Waals surface area contributed by atoms with Crippen LogP contribution in [0.3, 0.4) is 0 Å². The van der Waals surface area contributed by atoms with Crippen molar-refractivity contribution in [2.75, 3.05) is 5.73 Å². The highest BCUT2D eigenvalue weighted by Gasteiger charge is 2.39. The summed E-state index contributed by atoms with van der Waals surface area (Å²) < 4.78 is 1.60. The molecular formula is C20H24N8O. The Bertz CT molecular complexity index is 1040. The number of amides is 1. The second-order valence-electron chi connectivity index (χ2n) is 7.32. The van der Waals surface area contributed by atoms with Crippen LogP contribution in [0.25, 0.3) is 11.3 Å². The highest BCUT2D eigenvalue weighted by Crippen LogP contribution is 2.34. The van der Waals surface area contributed by atoms with E-state index < -0.39 is 5.41 Å². The Kier molecular flexibility index (Phi) is 5.40. The van der Waals surface area contributed by atoms with Gasteiger partial charge in [-0.25, -0.2) is 9.97 Å². The zero-order chi connectivity index (χ0) is 21.2. The second-order valence-corrected chi connectivity index (χ2v) is 7.32. The minimum Gasteiger partial charge on any atom is -0.383 e. The fourth-order valence-corrected chi connectivity index (χ4v) is 2.89. The molecule has 150 valence electrons. The van der Waals surface area contributed by atoms with Gasteiger partial charge in [-0.1, -0.05) is 19.9 Å². The molecule has 0 saturated heterocycles. The SMILES string of the molecule is CC(C)C(C)(C(=O)N=C(N)c1cnn(C)c1)c1ccc(-c2cnc(N)nc2)nc1. The van der Waals surface area contributed by atoms with E-state index in [0.29, 0.717) is 11.3 Å². The number of amidine groups is 1. The van der Waals surface area contributed by atoms with Crippen molar-refractivity contribution >= 4 is 17.7 Å². The molecule has 0 aliphatic heterocycles. The van der Waals surface area contributed by atoms with Crippen molar-refractivity contribution in [3.8, 4) is 11.3 Å². The van der Waals surface area contributed by atoms with Gasteiger partial charge < -0.3 is 11.5 Å². The number of hydrogen-bond donors (Lipinski definition) is 2. The van der Waals surface area contributed by atoms with E-state index in [2.05, 4.69) is 25.0 Å². The number of pyridine rings is 1. The van der Waals surface area contributed by atoms with Gasteiger partial charge in [0.2, 0.25) is 5.95 Å². The average Bonchev–Trinajstić information content (AvgIpc) is 3.14. The number of nitrogens with two attached hydrogens (primary N) is 2. The molecule has 0 aliphatic rings. The summed E-state index contributed by atoms with van der Waals surface area (Å²) in [7, 11) is 1.77. The molecule has 0 fully saturated rings. The maximum Gasteiger partial charge on any atom is 0.258 e. The third-order valence-electron chi connectivity index (χ3n) is 5.15. The van der Waals surface area contributed by atoms with E-state index >= 15 is 0 Å². The molecule has 3 aromatic heterocycles. The van der Waals surface area contributed by atoms with Gasteiger partial charge in [-0.3, -0.25) is 14.5 Å². The van der Waals surface area contributed by atoms with Crippen LogP contribution in [0.15, 0.2) is 48.1 Å². The maximum atomic E-state index is 13.1. The van der Waals surface area contributed by atoms with Crippen LogP contribution in [0.1, 0.15) is 31.9 Å². The number of carbonyl (C=O) groups excluding carboxylic acids is 1. The lowest BCUT2D eigenvalue weighted by atomic mass is 9.73. The molecule has 0 aliphatic carbocycles. The quantitative estimate of drug-likeness (QED) is 0.498. The first-order chi connectivity index (χ1) is 13.7. The molecule has 1 amide bonds. The number of carbonyl (C=O) groups is 1. The predicted octanol–water partition coefficient (Wildman–Crippen LogP) is 1.70. The minimum absolute atomic E-state index is 0.0343. The zero-order valence-electron chi connectivity index (χ0n) is 16.9. The predicted molar refractivity (Wildman–Crippen MR) is 111 cm³/mol. The van der Waals surface area contributed by atoms with Gasteiger partial charge in [0.15, 0.2) is 0 Å². The summed E-state index contributed by atoms with van der Waals surface area (Å²) in [5, 5.41) is 4.06. The van der Waals surface area contributed by atoms with Crippen LogP contribution in [-0.2, 0) is 17.3 Å². The van der Waals surface area contributed by atoms with Crippen LogP contribution in [0, 0.1) is 5.92 Å². The van der Waals surface area contributed by atoms with Gasteiger partial charge in [-0.2, -0.15) is 10.1 Å². The Balaban J connectivity index is 1.93. The second kappa shape index (κ2) is 7.78. The van der Waals surface area contributed by atoms with E-state index in [4.69, 9.17) is 11.5 Å².